The van der Waals surface area contributed by atoms with E-state index in [1.54, 1.807) is 7.11 Å². The number of hydrogen-bond acceptors (Lipinski definition) is 2. The van der Waals surface area contributed by atoms with Gasteiger partial charge < -0.3 is 10.1 Å². The molecule has 1 aromatic carbocycles. The number of methoxy groups -OCH3 is 1. The first-order chi connectivity index (χ1) is 6.81. The molecule has 0 amide bonds. The van der Waals surface area contributed by atoms with Gasteiger partial charge in [0, 0.05) is 11.0 Å². The molecule has 0 heterocycles. The molecular formula is C11H14BrNO. The van der Waals surface area contributed by atoms with Crippen molar-refractivity contribution in [1.82, 2.24) is 0 Å². The molecule has 0 radical (unpaired) electrons. The molecule has 0 saturated heterocycles. The Morgan fingerprint density at radius 3 is 2.93 bits per heavy atom. The van der Waals surface area contributed by atoms with Crippen molar-refractivity contribution in [3.8, 4) is 5.75 Å². The van der Waals surface area contributed by atoms with E-state index in [2.05, 4.69) is 21.2 Å². The Labute approximate surface area is 92.8 Å². The maximum Gasteiger partial charge on any atom is 0.143 e. The summed E-state index contributed by atoms with van der Waals surface area (Å²) in [6.07, 6.45) is 2.72. The molecule has 14 heavy (non-hydrogen) atoms. The summed E-state index contributed by atoms with van der Waals surface area (Å²) >= 11 is 3.52. The number of ether oxygens (including phenoxy) is 1. The molecule has 2 rings (SSSR count). The zero-order chi connectivity index (χ0) is 9.97. The maximum atomic E-state index is 5.29. The number of nitrogens with one attached hydrogen (secondary N) is 1. The molecule has 0 aromatic heterocycles. The predicted octanol–water partition coefficient (Wildman–Crippen LogP) is 3.28. The van der Waals surface area contributed by atoms with Gasteiger partial charge in [-0.2, -0.15) is 0 Å². The number of rotatable bonds is 4. The first-order valence-corrected chi connectivity index (χ1v) is 5.67. The molecule has 0 bridgehead atoms. The standard InChI is InChI=1S/C11H14BrNO/c1-14-10-4-2-3-9(12)11(10)13-7-8-5-6-8/h2-4,8,13H,5-7H2,1H3. The van der Waals surface area contributed by atoms with Crippen molar-refractivity contribution in [2.75, 3.05) is 19.0 Å². The Morgan fingerprint density at radius 1 is 1.50 bits per heavy atom. The van der Waals surface area contributed by atoms with Crippen molar-refractivity contribution in [2.45, 2.75) is 12.8 Å². The van der Waals surface area contributed by atoms with Crippen molar-refractivity contribution in [2.24, 2.45) is 5.92 Å². The van der Waals surface area contributed by atoms with Crippen molar-refractivity contribution < 1.29 is 4.74 Å². The Hall–Kier alpha value is -0.700. The van der Waals surface area contributed by atoms with Crippen LogP contribution in [0.5, 0.6) is 5.75 Å². The highest BCUT2D eigenvalue weighted by Crippen LogP contribution is 2.35. The van der Waals surface area contributed by atoms with E-state index in [0.717, 1.165) is 28.4 Å². The molecule has 1 aliphatic rings. The highest BCUT2D eigenvalue weighted by Gasteiger charge is 2.21. The smallest absolute Gasteiger partial charge is 0.143 e. The first kappa shape index (κ1) is 9.84. The van der Waals surface area contributed by atoms with Gasteiger partial charge in [0.2, 0.25) is 0 Å². The lowest BCUT2D eigenvalue weighted by Crippen LogP contribution is -2.05. The van der Waals surface area contributed by atoms with Gasteiger partial charge >= 0.3 is 0 Å². The molecule has 1 aliphatic carbocycles. The first-order valence-electron chi connectivity index (χ1n) is 4.87. The summed E-state index contributed by atoms with van der Waals surface area (Å²) in [6, 6.07) is 5.98. The third-order valence-corrected chi connectivity index (χ3v) is 3.12. The maximum absolute atomic E-state index is 5.29. The van der Waals surface area contributed by atoms with Crippen molar-refractivity contribution >= 4 is 21.6 Å². The van der Waals surface area contributed by atoms with Crippen LogP contribution in [0.15, 0.2) is 22.7 Å². The van der Waals surface area contributed by atoms with Crippen LogP contribution in [0.25, 0.3) is 0 Å². The third-order valence-electron chi connectivity index (χ3n) is 2.46. The van der Waals surface area contributed by atoms with Gasteiger partial charge in [0.15, 0.2) is 0 Å². The minimum atomic E-state index is 0.867. The van der Waals surface area contributed by atoms with Crippen LogP contribution in [0.2, 0.25) is 0 Å². The molecule has 76 valence electrons. The lowest BCUT2D eigenvalue weighted by Gasteiger charge is -2.12. The average Bonchev–Trinajstić information content (AvgIpc) is 2.99. The zero-order valence-corrected chi connectivity index (χ0v) is 9.80. The fourth-order valence-electron chi connectivity index (χ4n) is 1.41. The Kier molecular flexibility index (Phi) is 2.96. The highest BCUT2D eigenvalue weighted by atomic mass is 79.9. The van der Waals surface area contributed by atoms with E-state index in [1.807, 2.05) is 18.2 Å². The summed E-state index contributed by atoms with van der Waals surface area (Å²) in [7, 11) is 1.70. The number of anilines is 1. The van der Waals surface area contributed by atoms with E-state index < -0.39 is 0 Å². The van der Waals surface area contributed by atoms with Crippen LogP contribution in [0.3, 0.4) is 0 Å². The van der Waals surface area contributed by atoms with Crippen LogP contribution in [0, 0.1) is 5.92 Å². The third kappa shape index (κ3) is 2.21. The molecule has 0 unspecified atom stereocenters. The largest absolute Gasteiger partial charge is 0.495 e. The molecule has 0 aliphatic heterocycles. The van der Waals surface area contributed by atoms with E-state index in [9.17, 15) is 0 Å². The van der Waals surface area contributed by atoms with Gasteiger partial charge in [-0.15, -0.1) is 0 Å². The average molecular weight is 256 g/mol. The van der Waals surface area contributed by atoms with E-state index in [-0.39, 0.29) is 0 Å². The summed E-state index contributed by atoms with van der Waals surface area (Å²) in [5, 5.41) is 3.42. The summed E-state index contributed by atoms with van der Waals surface area (Å²) < 4.78 is 6.35. The minimum Gasteiger partial charge on any atom is -0.495 e. The van der Waals surface area contributed by atoms with Gasteiger partial charge in [-0.1, -0.05) is 6.07 Å². The zero-order valence-electron chi connectivity index (χ0n) is 8.22. The van der Waals surface area contributed by atoms with E-state index in [4.69, 9.17) is 4.74 Å². The van der Waals surface area contributed by atoms with Crippen molar-refractivity contribution in [3.05, 3.63) is 22.7 Å². The van der Waals surface area contributed by atoms with E-state index in [1.165, 1.54) is 12.8 Å². The van der Waals surface area contributed by atoms with Crippen LogP contribution in [0.1, 0.15) is 12.8 Å². The number of hydrogen-bond donors (Lipinski definition) is 1. The lowest BCUT2D eigenvalue weighted by molar-refractivity contribution is 0.416. The SMILES string of the molecule is COc1cccc(Br)c1NCC1CC1. The quantitative estimate of drug-likeness (QED) is 0.892. The molecule has 0 spiro atoms. The molecule has 0 atom stereocenters. The topological polar surface area (TPSA) is 21.3 Å². The fraction of sp³-hybridized carbons (Fsp3) is 0.455. The molecule has 1 N–H and O–H groups in total. The summed E-state index contributed by atoms with van der Waals surface area (Å²) in [4.78, 5) is 0. The molecule has 1 aromatic rings. The Bertz CT molecular complexity index is 323. The second-order valence-corrected chi connectivity index (χ2v) is 4.50. The number of para-hydroxylation sites is 1. The van der Waals surface area contributed by atoms with Crippen LogP contribution >= 0.6 is 15.9 Å². The molecule has 1 fully saturated rings. The van der Waals surface area contributed by atoms with Gasteiger partial charge in [0.25, 0.3) is 0 Å². The fourth-order valence-corrected chi connectivity index (χ4v) is 1.90. The summed E-state index contributed by atoms with van der Waals surface area (Å²) in [5.41, 5.74) is 1.07. The van der Waals surface area contributed by atoms with Crippen LogP contribution < -0.4 is 10.1 Å². The normalized spacial score (nSPS) is 15.3. The Morgan fingerprint density at radius 2 is 2.29 bits per heavy atom. The molecular weight excluding hydrogens is 242 g/mol. The van der Waals surface area contributed by atoms with Crippen molar-refractivity contribution in [1.29, 1.82) is 0 Å². The molecule has 1 saturated carbocycles. The minimum absolute atomic E-state index is 0.867. The number of benzene rings is 1. The van der Waals surface area contributed by atoms with Gasteiger partial charge in [0.1, 0.15) is 5.75 Å². The van der Waals surface area contributed by atoms with Crippen molar-refractivity contribution in [3.63, 3.8) is 0 Å². The van der Waals surface area contributed by atoms with Gasteiger partial charge in [-0.25, -0.2) is 0 Å². The lowest BCUT2D eigenvalue weighted by atomic mass is 10.3. The molecule has 2 nitrogen and oxygen atoms in total. The Balaban J connectivity index is 2.11. The monoisotopic (exact) mass is 255 g/mol. The summed E-state index contributed by atoms with van der Waals surface area (Å²) in [5.74, 6) is 1.77. The van der Waals surface area contributed by atoms with E-state index >= 15 is 0 Å². The van der Waals surface area contributed by atoms with Crippen LogP contribution in [-0.2, 0) is 0 Å². The number of halogens is 1. The van der Waals surface area contributed by atoms with Crippen LogP contribution in [-0.4, -0.2) is 13.7 Å². The van der Waals surface area contributed by atoms with E-state index in [0.29, 0.717) is 0 Å². The van der Waals surface area contributed by atoms with Gasteiger partial charge in [0.05, 0.1) is 12.8 Å². The second kappa shape index (κ2) is 4.22. The molecule has 3 heteroatoms. The van der Waals surface area contributed by atoms with Crippen LogP contribution in [0.4, 0.5) is 5.69 Å². The second-order valence-electron chi connectivity index (χ2n) is 3.64. The highest BCUT2D eigenvalue weighted by molar-refractivity contribution is 9.10. The summed E-state index contributed by atoms with van der Waals surface area (Å²) in [6.45, 7) is 1.05. The van der Waals surface area contributed by atoms with Gasteiger partial charge in [-0.05, 0) is 46.8 Å². The van der Waals surface area contributed by atoms with Gasteiger partial charge in [-0.3, -0.25) is 0 Å². The predicted molar refractivity (Wildman–Crippen MR) is 61.9 cm³/mol.